The predicted octanol–water partition coefficient (Wildman–Crippen LogP) is 7.07. The lowest BCUT2D eigenvalue weighted by molar-refractivity contribution is 0.289. The molecule has 2 aromatic rings. The van der Waals surface area contributed by atoms with Gasteiger partial charge in [0, 0.05) is 18.3 Å². The molecule has 0 aliphatic heterocycles. The van der Waals surface area contributed by atoms with Crippen LogP contribution in [0.15, 0.2) is 48.5 Å². The molecule has 0 heterocycles. The fraction of sp³-hybridized carbons (Fsp3) is 0.520. The average molecular weight is 384 g/mol. The summed E-state index contributed by atoms with van der Waals surface area (Å²) in [6, 6.07) is 16.6. The number of hydrogen-bond donors (Lipinski definition) is 1. The SMILES string of the molecule is CCCCCCCOc1cccc(NCc2ccc(OCCC(C)C)cc2)c1. The molecule has 2 aromatic carbocycles. The van der Waals surface area contributed by atoms with Crippen LogP contribution in [-0.2, 0) is 6.54 Å². The van der Waals surface area contributed by atoms with Crippen LogP contribution in [-0.4, -0.2) is 13.2 Å². The summed E-state index contributed by atoms with van der Waals surface area (Å²) in [6.45, 7) is 9.03. The number of anilines is 1. The zero-order valence-electron chi connectivity index (χ0n) is 17.9. The lowest BCUT2D eigenvalue weighted by Crippen LogP contribution is -2.02. The lowest BCUT2D eigenvalue weighted by Gasteiger charge is -2.11. The van der Waals surface area contributed by atoms with Crippen LogP contribution >= 0.6 is 0 Å². The van der Waals surface area contributed by atoms with Gasteiger partial charge in [-0.25, -0.2) is 0 Å². The van der Waals surface area contributed by atoms with E-state index < -0.39 is 0 Å². The van der Waals surface area contributed by atoms with Gasteiger partial charge in [-0.1, -0.05) is 64.7 Å². The van der Waals surface area contributed by atoms with Crippen LogP contribution in [0, 0.1) is 5.92 Å². The van der Waals surface area contributed by atoms with Crippen LogP contribution in [0.25, 0.3) is 0 Å². The standard InChI is InChI=1S/C25H37NO2/c1-4-5-6-7-8-17-27-25-11-9-10-23(19-25)26-20-22-12-14-24(15-13-22)28-18-16-21(2)3/h9-15,19,21,26H,4-8,16-18,20H2,1-3H3. The first-order valence-electron chi connectivity index (χ1n) is 10.9. The molecule has 0 amide bonds. The van der Waals surface area contributed by atoms with Crippen LogP contribution < -0.4 is 14.8 Å². The summed E-state index contributed by atoms with van der Waals surface area (Å²) < 4.78 is 11.7. The summed E-state index contributed by atoms with van der Waals surface area (Å²) in [5.74, 6) is 2.55. The van der Waals surface area contributed by atoms with Gasteiger partial charge in [-0.3, -0.25) is 0 Å². The molecule has 0 radical (unpaired) electrons. The molecule has 0 saturated carbocycles. The highest BCUT2D eigenvalue weighted by atomic mass is 16.5. The van der Waals surface area contributed by atoms with Crippen molar-refractivity contribution in [3.63, 3.8) is 0 Å². The van der Waals surface area contributed by atoms with Gasteiger partial charge in [0.15, 0.2) is 0 Å². The van der Waals surface area contributed by atoms with Crippen molar-refractivity contribution in [3.05, 3.63) is 54.1 Å². The quantitative estimate of drug-likeness (QED) is 0.354. The summed E-state index contributed by atoms with van der Waals surface area (Å²) in [4.78, 5) is 0. The minimum Gasteiger partial charge on any atom is -0.494 e. The molecule has 0 atom stereocenters. The molecule has 0 aromatic heterocycles. The maximum Gasteiger partial charge on any atom is 0.121 e. The smallest absolute Gasteiger partial charge is 0.121 e. The summed E-state index contributed by atoms with van der Waals surface area (Å²) in [5.41, 5.74) is 2.32. The van der Waals surface area contributed by atoms with Gasteiger partial charge in [-0.15, -0.1) is 0 Å². The lowest BCUT2D eigenvalue weighted by atomic mass is 10.1. The summed E-state index contributed by atoms with van der Waals surface area (Å²) in [5, 5.41) is 3.48. The van der Waals surface area contributed by atoms with Crippen molar-refractivity contribution in [2.45, 2.75) is 65.8 Å². The summed E-state index contributed by atoms with van der Waals surface area (Å²) >= 11 is 0. The molecular formula is C25H37NO2. The third-order valence-corrected chi connectivity index (χ3v) is 4.73. The van der Waals surface area contributed by atoms with Crippen LogP contribution in [0.5, 0.6) is 11.5 Å². The molecule has 0 bridgehead atoms. The molecule has 0 fully saturated rings. The van der Waals surface area contributed by atoms with E-state index >= 15 is 0 Å². The Hall–Kier alpha value is -2.16. The van der Waals surface area contributed by atoms with Crippen molar-refractivity contribution < 1.29 is 9.47 Å². The average Bonchev–Trinajstić information content (AvgIpc) is 2.70. The molecule has 0 aliphatic rings. The monoisotopic (exact) mass is 383 g/mol. The van der Waals surface area contributed by atoms with Gasteiger partial charge in [-0.2, -0.15) is 0 Å². The second-order valence-electron chi connectivity index (χ2n) is 7.82. The normalized spacial score (nSPS) is 10.9. The van der Waals surface area contributed by atoms with E-state index in [1.807, 2.05) is 12.1 Å². The Balaban J connectivity index is 1.72. The first-order valence-corrected chi connectivity index (χ1v) is 10.9. The molecule has 0 spiro atoms. The Labute approximate surface area is 171 Å². The fourth-order valence-electron chi connectivity index (χ4n) is 2.91. The van der Waals surface area contributed by atoms with Crippen molar-refractivity contribution >= 4 is 5.69 Å². The van der Waals surface area contributed by atoms with E-state index in [-0.39, 0.29) is 0 Å². The molecule has 0 unspecified atom stereocenters. The van der Waals surface area contributed by atoms with Crippen molar-refractivity contribution in [2.24, 2.45) is 5.92 Å². The minimum atomic E-state index is 0.671. The molecule has 3 nitrogen and oxygen atoms in total. The fourth-order valence-corrected chi connectivity index (χ4v) is 2.91. The van der Waals surface area contributed by atoms with Crippen molar-refractivity contribution in [1.82, 2.24) is 0 Å². The second-order valence-corrected chi connectivity index (χ2v) is 7.82. The number of unbranched alkanes of at least 4 members (excludes halogenated alkanes) is 4. The van der Waals surface area contributed by atoms with Crippen LogP contribution in [0.1, 0.15) is 64.9 Å². The van der Waals surface area contributed by atoms with Gasteiger partial charge in [0.1, 0.15) is 11.5 Å². The first kappa shape index (κ1) is 22.1. The minimum absolute atomic E-state index is 0.671. The third kappa shape index (κ3) is 9.16. The van der Waals surface area contributed by atoms with E-state index in [0.717, 1.165) is 49.8 Å². The van der Waals surface area contributed by atoms with Gasteiger partial charge in [0.05, 0.1) is 13.2 Å². The van der Waals surface area contributed by atoms with E-state index in [0.29, 0.717) is 5.92 Å². The van der Waals surface area contributed by atoms with E-state index in [4.69, 9.17) is 9.47 Å². The largest absolute Gasteiger partial charge is 0.494 e. The van der Waals surface area contributed by atoms with Gasteiger partial charge in [0.25, 0.3) is 0 Å². The highest BCUT2D eigenvalue weighted by Crippen LogP contribution is 2.19. The molecule has 3 heteroatoms. The van der Waals surface area contributed by atoms with Gasteiger partial charge < -0.3 is 14.8 Å². The second kappa shape index (κ2) is 13.1. The van der Waals surface area contributed by atoms with E-state index in [1.54, 1.807) is 0 Å². The number of rotatable bonds is 14. The molecule has 154 valence electrons. The van der Waals surface area contributed by atoms with E-state index in [1.165, 1.54) is 31.2 Å². The highest BCUT2D eigenvalue weighted by molar-refractivity contribution is 5.48. The highest BCUT2D eigenvalue weighted by Gasteiger charge is 2.00. The van der Waals surface area contributed by atoms with E-state index in [9.17, 15) is 0 Å². The molecular weight excluding hydrogens is 346 g/mol. The molecule has 0 aliphatic carbocycles. The summed E-state index contributed by atoms with van der Waals surface area (Å²) in [7, 11) is 0. The Morgan fingerprint density at radius 1 is 0.821 bits per heavy atom. The molecule has 28 heavy (non-hydrogen) atoms. The number of hydrogen-bond acceptors (Lipinski definition) is 3. The van der Waals surface area contributed by atoms with Crippen molar-refractivity contribution in [3.8, 4) is 11.5 Å². The maximum absolute atomic E-state index is 5.89. The zero-order chi connectivity index (χ0) is 20.0. The first-order chi connectivity index (χ1) is 13.7. The van der Waals surface area contributed by atoms with Crippen LogP contribution in [0.3, 0.4) is 0 Å². The molecule has 1 N–H and O–H groups in total. The summed E-state index contributed by atoms with van der Waals surface area (Å²) in [6.07, 6.45) is 7.38. The van der Waals surface area contributed by atoms with Gasteiger partial charge in [0.2, 0.25) is 0 Å². The van der Waals surface area contributed by atoms with Crippen LogP contribution in [0.2, 0.25) is 0 Å². The Kier molecular flexibility index (Phi) is 10.3. The maximum atomic E-state index is 5.89. The molecule has 0 saturated heterocycles. The topological polar surface area (TPSA) is 30.5 Å². The van der Waals surface area contributed by atoms with E-state index in [2.05, 4.69) is 62.5 Å². The predicted molar refractivity (Wildman–Crippen MR) is 119 cm³/mol. The van der Waals surface area contributed by atoms with Crippen molar-refractivity contribution in [2.75, 3.05) is 18.5 Å². The van der Waals surface area contributed by atoms with Crippen molar-refractivity contribution in [1.29, 1.82) is 0 Å². The van der Waals surface area contributed by atoms with Gasteiger partial charge in [-0.05, 0) is 48.6 Å². The Bertz CT molecular complexity index is 652. The Morgan fingerprint density at radius 2 is 1.57 bits per heavy atom. The van der Waals surface area contributed by atoms with Gasteiger partial charge >= 0.3 is 0 Å². The number of nitrogens with one attached hydrogen (secondary N) is 1. The molecule has 2 rings (SSSR count). The third-order valence-electron chi connectivity index (χ3n) is 4.73. The Morgan fingerprint density at radius 3 is 2.32 bits per heavy atom. The number of benzene rings is 2. The zero-order valence-corrected chi connectivity index (χ0v) is 17.9. The van der Waals surface area contributed by atoms with Crippen LogP contribution in [0.4, 0.5) is 5.69 Å². The number of ether oxygens (including phenoxy) is 2.